The van der Waals surface area contributed by atoms with Gasteiger partial charge in [0.1, 0.15) is 5.69 Å². The highest BCUT2D eigenvalue weighted by Gasteiger charge is 2.06. The minimum absolute atomic E-state index is 0.00513. The molecule has 1 heterocycles. The maximum Gasteiger partial charge on any atom is 0.187 e. The van der Waals surface area contributed by atoms with Crippen LogP contribution in [0.5, 0.6) is 0 Å². The van der Waals surface area contributed by atoms with E-state index in [1.165, 1.54) is 23.8 Å². The van der Waals surface area contributed by atoms with Gasteiger partial charge in [-0.2, -0.15) is 0 Å². The van der Waals surface area contributed by atoms with Gasteiger partial charge in [-0.3, -0.25) is 4.79 Å². The van der Waals surface area contributed by atoms with E-state index < -0.39 is 0 Å². The zero-order valence-corrected chi connectivity index (χ0v) is 11.5. The number of carbonyl (C=O) groups excluding carboxylic acids is 1. The second-order valence-corrected chi connectivity index (χ2v) is 5.35. The van der Waals surface area contributed by atoms with Crippen LogP contribution in [0.15, 0.2) is 29.6 Å². The maximum absolute atomic E-state index is 11.1. The van der Waals surface area contributed by atoms with E-state index in [0.717, 1.165) is 10.8 Å². The molecule has 3 nitrogen and oxygen atoms in total. The number of anilines is 2. The molecule has 0 fully saturated rings. The number of hydrogen-bond acceptors (Lipinski definition) is 4. The SMILES string of the molecule is CC(=O)c1csc(Nc2ccc(C(C)C)cc2)n1. The van der Waals surface area contributed by atoms with Crippen LogP contribution in [0, 0.1) is 0 Å². The maximum atomic E-state index is 11.1. The van der Waals surface area contributed by atoms with Crippen LogP contribution in [-0.4, -0.2) is 10.8 Å². The van der Waals surface area contributed by atoms with Gasteiger partial charge in [0.05, 0.1) is 0 Å². The number of ketones is 1. The Morgan fingerprint density at radius 2 is 1.94 bits per heavy atom. The Bertz CT molecular complexity index is 543. The fourth-order valence-corrected chi connectivity index (χ4v) is 2.34. The average molecular weight is 260 g/mol. The van der Waals surface area contributed by atoms with E-state index in [-0.39, 0.29) is 5.78 Å². The first-order valence-electron chi connectivity index (χ1n) is 5.89. The molecule has 0 radical (unpaired) electrons. The van der Waals surface area contributed by atoms with Crippen molar-refractivity contribution in [2.45, 2.75) is 26.7 Å². The van der Waals surface area contributed by atoms with Gasteiger partial charge < -0.3 is 5.32 Å². The lowest BCUT2D eigenvalue weighted by atomic mass is 10.0. The van der Waals surface area contributed by atoms with Crippen LogP contribution in [-0.2, 0) is 0 Å². The van der Waals surface area contributed by atoms with Crippen molar-refractivity contribution >= 4 is 27.9 Å². The fourth-order valence-electron chi connectivity index (χ4n) is 1.57. The highest BCUT2D eigenvalue weighted by Crippen LogP contribution is 2.23. The molecular formula is C14H16N2OS. The van der Waals surface area contributed by atoms with Crippen molar-refractivity contribution in [2.75, 3.05) is 5.32 Å². The Morgan fingerprint density at radius 1 is 1.28 bits per heavy atom. The summed E-state index contributed by atoms with van der Waals surface area (Å²) in [4.78, 5) is 15.4. The van der Waals surface area contributed by atoms with E-state index in [1.54, 1.807) is 5.38 Å². The molecule has 2 rings (SSSR count). The van der Waals surface area contributed by atoms with Crippen molar-refractivity contribution < 1.29 is 4.79 Å². The van der Waals surface area contributed by atoms with E-state index in [4.69, 9.17) is 0 Å². The largest absolute Gasteiger partial charge is 0.332 e. The Labute approximate surface area is 111 Å². The lowest BCUT2D eigenvalue weighted by Gasteiger charge is -2.07. The molecule has 0 bridgehead atoms. The molecule has 1 N–H and O–H groups in total. The Kier molecular flexibility index (Phi) is 3.77. The zero-order chi connectivity index (χ0) is 13.1. The molecule has 0 aliphatic heterocycles. The van der Waals surface area contributed by atoms with Gasteiger partial charge in [0.2, 0.25) is 0 Å². The van der Waals surface area contributed by atoms with Crippen molar-refractivity contribution in [3.05, 3.63) is 40.9 Å². The third-order valence-corrected chi connectivity index (χ3v) is 3.45. The first-order chi connectivity index (χ1) is 8.56. The molecule has 0 aliphatic carbocycles. The van der Waals surface area contributed by atoms with Crippen LogP contribution in [0.3, 0.4) is 0 Å². The predicted octanol–water partition coefficient (Wildman–Crippen LogP) is 4.21. The number of rotatable bonds is 4. The summed E-state index contributed by atoms with van der Waals surface area (Å²) in [5.74, 6) is 0.526. The third kappa shape index (κ3) is 2.96. The quantitative estimate of drug-likeness (QED) is 0.837. The molecule has 18 heavy (non-hydrogen) atoms. The molecule has 0 atom stereocenters. The number of benzene rings is 1. The van der Waals surface area contributed by atoms with E-state index in [2.05, 4.69) is 36.3 Å². The number of hydrogen-bond donors (Lipinski definition) is 1. The normalized spacial score (nSPS) is 10.7. The molecule has 0 spiro atoms. The molecule has 0 amide bonds. The third-order valence-electron chi connectivity index (χ3n) is 2.69. The van der Waals surface area contributed by atoms with E-state index >= 15 is 0 Å². The van der Waals surface area contributed by atoms with Gasteiger partial charge in [0.25, 0.3) is 0 Å². The minimum Gasteiger partial charge on any atom is -0.332 e. The highest BCUT2D eigenvalue weighted by molar-refractivity contribution is 7.14. The predicted molar refractivity (Wildman–Crippen MR) is 75.9 cm³/mol. The van der Waals surface area contributed by atoms with Gasteiger partial charge in [-0.05, 0) is 23.6 Å². The Balaban J connectivity index is 2.10. The number of carbonyl (C=O) groups is 1. The molecule has 0 saturated carbocycles. The van der Waals surface area contributed by atoms with Gasteiger partial charge in [-0.1, -0.05) is 26.0 Å². The van der Waals surface area contributed by atoms with Crippen LogP contribution in [0.1, 0.15) is 42.7 Å². The first-order valence-corrected chi connectivity index (χ1v) is 6.77. The zero-order valence-electron chi connectivity index (χ0n) is 10.7. The molecule has 1 aromatic carbocycles. The standard InChI is InChI=1S/C14H16N2OS/c1-9(2)11-4-6-12(7-5-11)15-14-16-13(8-18-14)10(3)17/h4-9H,1-3H3,(H,15,16). The van der Waals surface area contributed by atoms with Crippen molar-refractivity contribution in [3.63, 3.8) is 0 Å². The summed E-state index contributed by atoms with van der Waals surface area (Å²) in [6, 6.07) is 8.27. The van der Waals surface area contributed by atoms with Gasteiger partial charge in [-0.15, -0.1) is 11.3 Å². The molecule has 4 heteroatoms. The first kappa shape index (κ1) is 12.8. The molecular weight excluding hydrogens is 244 g/mol. The van der Waals surface area contributed by atoms with E-state index in [0.29, 0.717) is 11.6 Å². The van der Waals surface area contributed by atoms with Crippen LogP contribution in [0.25, 0.3) is 0 Å². The monoisotopic (exact) mass is 260 g/mol. The second-order valence-electron chi connectivity index (χ2n) is 4.50. The average Bonchev–Trinajstić information content (AvgIpc) is 2.78. The van der Waals surface area contributed by atoms with E-state index in [9.17, 15) is 4.79 Å². The number of nitrogens with one attached hydrogen (secondary N) is 1. The number of thiazole rings is 1. The van der Waals surface area contributed by atoms with Crippen LogP contribution in [0.4, 0.5) is 10.8 Å². The van der Waals surface area contributed by atoms with Crippen molar-refractivity contribution in [3.8, 4) is 0 Å². The number of aromatic nitrogens is 1. The van der Waals surface area contributed by atoms with Gasteiger partial charge >= 0.3 is 0 Å². The molecule has 2 aromatic rings. The summed E-state index contributed by atoms with van der Waals surface area (Å²) in [6.07, 6.45) is 0. The summed E-state index contributed by atoms with van der Waals surface area (Å²) in [5.41, 5.74) is 2.81. The lowest BCUT2D eigenvalue weighted by Crippen LogP contribution is -1.94. The van der Waals surface area contributed by atoms with Gasteiger partial charge in [-0.25, -0.2) is 4.98 Å². The Morgan fingerprint density at radius 3 is 2.44 bits per heavy atom. The summed E-state index contributed by atoms with van der Waals surface area (Å²) in [5, 5.41) is 5.72. The lowest BCUT2D eigenvalue weighted by molar-refractivity contribution is 0.101. The van der Waals surface area contributed by atoms with Crippen molar-refractivity contribution in [1.82, 2.24) is 4.98 Å². The smallest absolute Gasteiger partial charge is 0.187 e. The van der Waals surface area contributed by atoms with Crippen LogP contribution < -0.4 is 5.32 Å². The van der Waals surface area contributed by atoms with Crippen LogP contribution in [0.2, 0.25) is 0 Å². The molecule has 0 saturated heterocycles. The molecule has 0 unspecified atom stereocenters. The van der Waals surface area contributed by atoms with Crippen molar-refractivity contribution in [2.24, 2.45) is 0 Å². The Hall–Kier alpha value is -1.68. The second kappa shape index (κ2) is 5.31. The molecule has 0 aliphatic rings. The minimum atomic E-state index is -0.00513. The topological polar surface area (TPSA) is 42.0 Å². The number of Topliss-reactive ketones (excluding diaryl/α,β-unsaturated/α-hetero) is 1. The number of nitrogens with zero attached hydrogens (tertiary/aromatic N) is 1. The fraction of sp³-hybridized carbons (Fsp3) is 0.286. The highest BCUT2D eigenvalue weighted by atomic mass is 32.1. The summed E-state index contributed by atoms with van der Waals surface area (Å²) >= 11 is 1.44. The molecule has 94 valence electrons. The van der Waals surface area contributed by atoms with Crippen molar-refractivity contribution in [1.29, 1.82) is 0 Å². The van der Waals surface area contributed by atoms with Gasteiger partial charge in [0.15, 0.2) is 10.9 Å². The summed E-state index contributed by atoms with van der Waals surface area (Å²) < 4.78 is 0. The van der Waals surface area contributed by atoms with Crippen LogP contribution >= 0.6 is 11.3 Å². The summed E-state index contributed by atoms with van der Waals surface area (Å²) in [6.45, 7) is 5.86. The summed E-state index contributed by atoms with van der Waals surface area (Å²) in [7, 11) is 0. The molecule has 1 aromatic heterocycles. The van der Waals surface area contributed by atoms with Gasteiger partial charge in [0, 0.05) is 18.0 Å². The van der Waals surface area contributed by atoms with E-state index in [1.807, 2.05) is 12.1 Å².